The number of hydrogen-bond donors (Lipinski definition) is 15. The van der Waals surface area contributed by atoms with Gasteiger partial charge in [-0.1, -0.05) is 68.3 Å². The molecule has 16 N–H and O–H groups in total. The maximum atomic E-state index is 14.6. The number of nitrogens with zero attached hydrogens (tertiary/aromatic N) is 2. The number of carbonyl (C=O) groups excluding carboxylic acids is 9. The molecule has 9 amide bonds. The van der Waals surface area contributed by atoms with Crippen LogP contribution in [0.15, 0.2) is 78.3 Å². The van der Waals surface area contributed by atoms with E-state index in [1.807, 2.05) is 31.2 Å². The Morgan fingerprint density at radius 1 is 0.622 bits per heavy atom. The Morgan fingerprint density at radius 2 is 1.18 bits per heavy atom. The van der Waals surface area contributed by atoms with E-state index in [4.69, 9.17) is 17.2 Å². The van der Waals surface area contributed by atoms with E-state index >= 15 is 0 Å². The molecule has 0 saturated carbocycles. The molecule has 0 unspecified atom stereocenters. The maximum absolute atomic E-state index is 14.6. The molecule has 74 heavy (non-hydrogen) atoms. The normalized spacial score (nSPS) is 13.8. The van der Waals surface area contributed by atoms with Gasteiger partial charge in [-0.2, -0.15) is 25.3 Å². The summed E-state index contributed by atoms with van der Waals surface area (Å²) in [5.41, 5.74) is 19.1. The van der Waals surface area contributed by atoms with Crippen molar-refractivity contribution in [3.8, 4) is 0 Å². The van der Waals surface area contributed by atoms with Crippen LogP contribution in [0.1, 0.15) is 62.8 Å². The summed E-state index contributed by atoms with van der Waals surface area (Å²) >= 11 is 8.34. The zero-order valence-electron chi connectivity index (χ0n) is 41.2. The van der Waals surface area contributed by atoms with Gasteiger partial charge in [-0.15, -0.1) is 0 Å². The lowest BCUT2D eigenvalue weighted by Crippen LogP contribution is -2.60. The summed E-state index contributed by atoms with van der Waals surface area (Å²) in [4.78, 5) is 135. The molecular weight excluding hydrogens is 995 g/mol. The van der Waals surface area contributed by atoms with Crippen molar-refractivity contribution in [3.63, 3.8) is 0 Å². The van der Waals surface area contributed by atoms with Crippen LogP contribution in [0.3, 0.4) is 0 Å². The van der Waals surface area contributed by atoms with Crippen molar-refractivity contribution in [1.82, 2.24) is 57.5 Å². The average molecular weight is 1060 g/mol. The molecule has 2 aromatic heterocycles. The largest absolute Gasteiger partial charge is 0.370 e. The number of thiol groups is 2. The molecule has 0 aliphatic carbocycles. The summed E-state index contributed by atoms with van der Waals surface area (Å²) < 4.78 is 0. The van der Waals surface area contributed by atoms with Crippen LogP contribution < -0.4 is 59.7 Å². The highest BCUT2D eigenvalue weighted by Crippen LogP contribution is 2.20. The first-order valence-corrected chi connectivity index (χ1v) is 25.2. The van der Waals surface area contributed by atoms with Crippen LogP contribution in [0.4, 0.5) is 0 Å². The Labute approximate surface area is 438 Å². The van der Waals surface area contributed by atoms with Crippen molar-refractivity contribution < 1.29 is 43.2 Å². The zero-order valence-corrected chi connectivity index (χ0v) is 42.9. The number of aromatic nitrogens is 3. The van der Waals surface area contributed by atoms with Crippen molar-refractivity contribution in [3.05, 3.63) is 90.1 Å². The predicted molar refractivity (Wildman–Crippen MR) is 283 cm³/mol. The summed E-state index contributed by atoms with van der Waals surface area (Å²) in [7, 11) is 0. The molecular formula is C48H67N15O9S2. The fraction of sp³-hybridized carbons (Fsp3) is 0.438. The molecule has 2 aromatic carbocycles. The van der Waals surface area contributed by atoms with Crippen LogP contribution in [0.5, 0.6) is 0 Å². The highest BCUT2D eigenvalue weighted by atomic mass is 32.1. The van der Waals surface area contributed by atoms with Gasteiger partial charge in [0, 0.05) is 73.2 Å². The number of benzene rings is 2. The summed E-state index contributed by atoms with van der Waals surface area (Å²) in [5, 5.41) is 21.7. The molecule has 24 nitrogen and oxygen atoms in total. The third kappa shape index (κ3) is 19.4. The number of aliphatic imine (C=N–C) groups is 1. The van der Waals surface area contributed by atoms with Gasteiger partial charge in [0.25, 0.3) is 0 Å². The molecule has 400 valence electrons. The van der Waals surface area contributed by atoms with Gasteiger partial charge >= 0.3 is 0 Å². The molecule has 0 aliphatic heterocycles. The number of carbonyl (C=O) groups is 9. The van der Waals surface area contributed by atoms with Crippen molar-refractivity contribution in [2.45, 2.75) is 108 Å². The Morgan fingerprint density at radius 3 is 1.77 bits per heavy atom. The van der Waals surface area contributed by atoms with Crippen molar-refractivity contribution >= 4 is 95.3 Å². The quantitative estimate of drug-likeness (QED) is 0.0113. The lowest BCUT2D eigenvalue weighted by atomic mass is 10.0. The minimum absolute atomic E-state index is 0.0556. The molecule has 0 spiro atoms. The van der Waals surface area contributed by atoms with Gasteiger partial charge in [-0.25, -0.2) is 4.98 Å². The van der Waals surface area contributed by atoms with Crippen LogP contribution in [0, 0.1) is 0 Å². The predicted octanol–water partition coefficient (Wildman–Crippen LogP) is -1.96. The van der Waals surface area contributed by atoms with E-state index in [0.29, 0.717) is 29.7 Å². The first-order valence-electron chi connectivity index (χ1n) is 23.9. The Hall–Kier alpha value is -7.61. The Balaban J connectivity index is 1.58. The molecule has 0 fully saturated rings. The van der Waals surface area contributed by atoms with Gasteiger partial charge in [-0.05, 0) is 36.5 Å². The fourth-order valence-corrected chi connectivity index (χ4v) is 8.14. The van der Waals surface area contributed by atoms with Crippen molar-refractivity contribution in [2.24, 2.45) is 22.2 Å². The fourth-order valence-electron chi connectivity index (χ4n) is 7.61. The van der Waals surface area contributed by atoms with E-state index in [1.165, 1.54) is 19.4 Å². The standard InChI is InChI=1S/C48H67N15O9S2/c1-3-4-14-33(57-27(2)64)43(68)63-39(25-74)42(67)55-23-40(65)58-37(20-30-22-52-26-56-30)47(72)60-35(18-28-11-6-5-7-12-28)45(70)59-34(16-10-17-53-48(50)51)44(69)61-36(46(71)62-38(24-73)41(49)66)19-29-21-54-32-15-9-8-13-31(29)32/h5-9,11-13,15,21-22,26,33-39,54,73-74H,3-4,10,14,16-20,23-25H2,1-2H3,(H2,49,66)(H,52,56)(H,55,67)(H,57,64)(H,58,65)(H,59,70)(H,60,72)(H,61,69)(H,62,71)(H,63,68)(H4,50,51,53)/t33-,34-,35+,36-,37-,38-,39+/m0/s1. The van der Waals surface area contributed by atoms with Crippen LogP contribution in [0.2, 0.25) is 0 Å². The Bertz CT molecular complexity index is 2560. The molecule has 0 saturated heterocycles. The number of fused-ring (bicyclic) bond motifs is 1. The van der Waals surface area contributed by atoms with Crippen molar-refractivity contribution in [2.75, 3.05) is 24.6 Å². The topological polar surface area (TPSA) is 385 Å². The van der Waals surface area contributed by atoms with E-state index in [-0.39, 0.29) is 56.1 Å². The van der Waals surface area contributed by atoms with Crippen LogP contribution in [-0.4, -0.2) is 141 Å². The highest BCUT2D eigenvalue weighted by molar-refractivity contribution is 7.80. The lowest BCUT2D eigenvalue weighted by molar-refractivity contribution is -0.135. The highest BCUT2D eigenvalue weighted by Gasteiger charge is 2.34. The minimum Gasteiger partial charge on any atom is -0.370 e. The SMILES string of the molecule is CCCC[C@H](NC(C)=O)C(=O)N[C@H](CS)C(=O)NCC(=O)N[C@@H](Cc1cnc[nH]1)C(=O)N[C@H](Cc1ccccc1)C(=O)N[C@@H](CCCN=C(N)N)C(=O)N[C@@H](Cc1c[nH]c2ccccc12)C(=O)N[C@@H](CS)C(N)=O. The van der Waals surface area contributed by atoms with Gasteiger partial charge in [0.2, 0.25) is 53.2 Å². The second-order valence-electron chi connectivity index (χ2n) is 17.3. The monoisotopic (exact) mass is 1060 g/mol. The zero-order chi connectivity index (χ0) is 54.2. The number of nitrogens with two attached hydrogens (primary N) is 3. The van der Waals surface area contributed by atoms with E-state index in [1.54, 1.807) is 36.5 Å². The number of para-hydroxylation sites is 1. The first kappa shape index (κ1) is 59.0. The third-order valence-electron chi connectivity index (χ3n) is 11.5. The van der Waals surface area contributed by atoms with Crippen molar-refractivity contribution in [1.29, 1.82) is 0 Å². The number of unbranched alkanes of at least 4 members (excludes halogenated alkanes) is 1. The van der Waals surface area contributed by atoms with Gasteiger partial charge in [0.05, 0.1) is 12.9 Å². The minimum atomic E-state index is -1.38. The number of rotatable bonds is 31. The number of guanidine groups is 1. The first-order chi connectivity index (χ1) is 35.4. The van der Waals surface area contributed by atoms with E-state index in [0.717, 1.165) is 17.3 Å². The molecule has 7 atom stereocenters. The number of hydrogen-bond acceptors (Lipinski definition) is 13. The summed E-state index contributed by atoms with van der Waals surface area (Å²) in [6.07, 6.45) is 6.03. The molecule has 26 heteroatoms. The number of H-pyrrole nitrogens is 2. The van der Waals surface area contributed by atoms with E-state index in [9.17, 15) is 43.2 Å². The van der Waals surface area contributed by atoms with Gasteiger partial charge < -0.3 is 69.7 Å². The Kier molecular flexibility index (Phi) is 24.2. The van der Waals surface area contributed by atoms with E-state index in [2.05, 4.69) is 87.7 Å². The molecule has 0 aliphatic rings. The lowest BCUT2D eigenvalue weighted by Gasteiger charge is -2.27. The average Bonchev–Trinajstić information content (AvgIpc) is 4.05. The maximum Gasteiger partial charge on any atom is 0.243 e. The van der Waals surface area contributed by atoms with Crippen LogP contribution >= 0.6 is 25.3 Å². The van der Waals surface area contributed by atoms with Crippen LogP contribution in [0.25, 0.3) is 10.9 Å². The summed E-state index contributed by atoms with van der Waals surface area (Å²) in [6.45, 7) is 2.62. The number of primary amides is 1. The second kappa shape index (κ2) is 30.4. The molecule has 0 radical (unpaired) electrons. The molecule has 2 heterocycles. The van der Waals surface area contributed by atoms with Gasteiger partial charge in [0.15, 0.2) is 5.96 Å². The number of imidazole rings is 1. The third-order valence-corrected chi connectivity index (χ3v) is 12.2. The smallest absolute Gasteiger partial charge is 0.243 e. The van der Waals surface area contributed by atoms with Crippen LogP contribution in [-0.2, 0) is 62.4 Å². The summed E-state index contributed by atoms with van der Waals surface area (Å²) in [6, 6.07) is 7.30. The van der Waals surface area contributed by atoms with E-state index < -0.39 is 102 Å². The molecule has 4 rings (SSSR count). The van der Waals surface area contributed by atoms with Gasteiger partial charge in [-0.3, -0.25) is 48.1 Å². The number of aromatic amines is 2. The van der Waals surface area contributed by atoms with Gasteiger partial charge in [0.1, 0.15) is 42.3 Å². The number of nitrogens with one attached hydrogen (secondary N) is 10. The molecule has 4 aromatic rings. The second-order valence-corrected chi connectivity index (χ2v) is 18.0. The number of amides is 9. The summed E-state index contributed by atoms with van der Waals surface area (Å²) in [5.74, 6) is -7.14. The molecule has 0 bridgehead atoms.